The molecule has 0 heterocycles. The second-order valence-electron chi connectivity index (χ2n) is 5.91. The van der Waals surface area contributed by atoms with Crippen molar-refractivity contribution in [2.45, 2.75) is 39.3 Å². The summed E-state index contributed by atoms with van der Waals surface area (Å²) in [4.78, 5) is 0. The van der Waals surface area contributed by atoms with E-state index in [2.05, 4.69) is 26.1 Å². The highest BCUT2D eigenvalue weighted by Gasteiger charge is 2.24. The summed E-state index contributed by atoms with van der Waals surface area (Å²) < 4.78 is 13.1. The third-order valence-electron chi connectivity index (χ3n) is 3.25. The van der Waals surface area contributed by atoms with Crippen LogP contribution in [0.3, 0.4) is 0 Å². The Morgan fingerprint density at radius 2 is 2.00 bits per heavy atom. The Bertz CT molecular complexity index is 390. The van der Waals surface area contributed by atoms with Crippen LogP contribution in [-0.2, 0) is 0 Å². The van der Waals surface area contributed by atoms with Crippen molar-refractivity contribution in [2.75, 3.05) is 13.2 Å². The van der Waals surface area contributed by atoms with Gasteiger partial charge in [0.2, 0.25) is 0 Å². The first-order chi connectivity index (χ1) is 8.84. The summed E-state index contributed by atoms with van der Waals surface area (Å²) in [5.41, 5.74) is 0.550. The van der Waals surface area contributed by atoms with E-state index >= 15 is 0 Å². The molecule has 0 aliphatic rings. The standard InChI is InChI=1S/C15H24FNO2/c1-15(2,3)14(7-8-18)17-10-13(19)11-5-4-6-12(16)9-11/h4-6,9,13-14,17-19H,7-8,10H2,1-3H3. The molecule has 4 heteroatoms. The van der Waals surface area contributed by atoms with Crippen LogP contribution in [0.25, 0.3) is 0 Å². The molecule has 0 fully saturated rings. The highest BCUT2D eigenvalue weighted by Crippen LogP contribution is 2.22. The van der Waals surface area contributed by atoms with Gasteiger partial charge in [-0.05, 0) is 29.5 Å². The zero-order valence-corrected chi connectivity index (χ0v) is 11.9. The van der Waals surface area contributed by atoms with Crippen molar-refractivity contribution < 1.29 is 14.6 Å². The smallest absolute Gasteiger partial charge is 0.123 e. The fourth-order valence-corrected chi connectivity index (χ4v) is 2.06. The molecule has 0 bridgehead atoms. The molecule has 19 heavy (non-hydrogen) atoms. The zero-order chi connectivity index (χ0) is 14.5. The molecule has 1 aromatic rings. The van der Waals surface area contributed by atoms with Crippen LogP contribution in [0.4, 0.5) is 4.39 Å². The van der Waals surface area contributed by atoms with Gasteiger partial charge in [0.05, 0.1) is 6.10 Å². The van der Waals surface area contributed by atoms with E-state index < -0.39 is 6.10 Å². The maximum atomic E-state index is 13.1. The van der Waals surface area contributed by atoms with Crippen molar-refractivity contribution in [3.8, 4) is 0 Å². The predicted molar refractivity (Wildman–Crippen MR) is 74.3 cm³/mol. The van der Waals surface area contributed by atoms with Crippen LogP contribution in [0.2, 0.25) is 0 Å². The summed E-state index contributed by atoms with van der Waals surface area (Å²) >= 11 is 0. The maximum Gasteiger partial charge on any atom is 0.123 e. The van der Waals surface area contributed by atoms with Crippen LogP contribution in [0.15, 0.2) is 24.3 Å². The lowest BCUT2D eigenvalue weighted by Crippen LogP contribution is -2.42. The number of halogens is 1. The molecule has 0 saturated heterocycles. The average molecular weight is 269 g/mol. The number of aliphatic hydroxyl groups excluding tert-OH is 2. The van der Waals surface area contributed by atoms with Crippen LogP contribution in [-0.4, -0.2) is 29.4 Å². The third kappa shape index (κ3) is 5.27. The van der Waals surface area contributed by atoms with Gasteiger partial charge in [0, 0.05) is 19.2 Å². The molecule has 0 saturated carbocycles. The van der Waals surface area contributed by atoms with Crippen LogP contribution in [0.5, 0.6) is 0 Å². The van der Waals surface area contributed by atoms with E-state index in [0.29, 0.717) is 18.5 Å². The van der Waals surface area contributed by atoms with Crippen molar-refractivity contribution in [2.24, 2.45) is 5.41 Å². The van der Waals surface area contributed by atoms with E-state index in [4.69, 9.17) is 5.11 Å². The lowest BCUT2D eigenvalue weighted by Gasteiger charge is -2.32. The lowest BCUT2D eigenvalue weighted by atomic mass is 9.85. The summed E-state index contributed by atoms with van der Waals surface area (Å²) in [6.45, 7) is 6.68. The number of nitrogens with one attached hydrogen (secondary N) is 1. The summed E-state index contributed by atoms with van der Waals surface area (Å²) in [5, 5.41) is 22.3. The zero-order valence-electron chi connectivity index (χ0n) is 11.9. The monoisotopic (exact) mass is 269 g/mol. The van der Waals surface area contributed by atoms with Gasteiger partial charge in [-0.3, -0.25) is 0 Å². The van der Waals surface area contributed by atoms with Crippen LogP contribution in [0, 0.1) is 11.2 Å². The molecule has 0 amide bonds. The molecule has 0 aliphatic carbocycles. The van der Waals surface area contributed by atoms with E-state index in [1.54, 1.807) is 12.1 Å². The molecular weight excluding hydrogens is 245 g/mol. The van der Waals surface area contributed by atoms with Crippen molar-refractivity contribution >= 4 is 0 Å². The number of aliphatic hydroxyl groups is 2. The SMILES string of the molecule is CC(C)(C)C(CCO)NCC(O)c1cccc(F)c1. The Labute approximate surface area is 114 Å². The molecule has 0 spiro atoms. The Kier molecular flexibility index (Phi) is 5.91. The minimum atomic E-state index is -0.751. The highest BCUT2D eigenvalue weighted by molar-refractivity contribution is 5.19. The summed E-state index contributed by atoms with van der Waals surface area (Å²) in [7, 11) is 0. The topological polar surface area (TPSA) is 52.5 Å². The number of hydrogen-bond acceptors (Lipinski definition) is 3. The van der Waals surface area contributed by atoms with Gasteiger partial charge in [0.25, 0.3) is 0 Å². The number of hydrogen-bond donors (Lipinski definition) is 3. The third-order valence-corrected chi connectivity index (χ3v) is 3.25. The van der Waals surface area contributed by atoms with Crippen molar-refractivity contribution in [3.05, 3.63) is 35.6 Å². The second kappa shape index (κ2) is 6.98. The van der Waals surface area contributed by atoms with Crippen molar-refractivity contribution in [3.63, 3.8) is 0 Å². The van der Waals surface area contributed by atoms with Gasteiger partial charge in [0.15, 0.2) is 0 Å². The van der Waals surface area contributed by atoms with E-state index in [-0.39, 0.29) is 23.9 Å². The molecule has 1 aromatic carbocycles. The minimum Gasteiger partial charge on any atom is -0.396 e. The average Bonchev–Trinajstić information content (AvgIpc) is 2.32. The van der Waals surface area contributed by atoms with Crippen LogP contribution in [0.1, 0.15) is 38.9 Å². The molecule has 1 rings (SSSR count). The van der Waals surface area contributed by atoms with Crippen LogP contribution < -0.4 is 5.32 Å². The van der Waals surface area contributed by atoms with Crippen molar-refractivity contribution in [1.82, 2.24) is 5.32 Å². The largest absolute Gasteiger partial charge is 0.396 e. The summed E-state index contributed by atoms with van der Waals surface area (Å²) in [6, 6.07) is 6.08. The van der Waals surface area contributed by atoms with Gasteiger partial charge in [-0.15, -0.1) is 0 Å². The molecule has 0 radical (unpaired) electrons. The lowest BCUT2D eigenvalue weighted by molar-refractivity contribution is 0.142. The fraction of sp³-hybridized carbons (Fsp3) is 0.600. The van der Waals surface area contributed by atoms with Gasteiger partial charge >= 0.3 is 0 Å². The maximum absolute atomic E-state index is 13.1. The fourth-order valence-electron chi connectivity index (χ4n) is 2.06. The van der Waals surface area contributed by atoms with Gasteiger partial charge < -0.3 is 15.5 Å². The second-order valence-corrected chi connectivity index (χ2v) is 5.91. The molecular formula is C15H24FNO2. The van der Waals surface area contributed by atoms with E-state index in [1.165, 1.54) is 12.1 Å². The van der Waals surface area contributed by atoms with Crippen LogP contribution >= 0.6 is 0 Å². The van der Waals surface area contributed by atoms with E-state index in [1.807, 2.05) is 0 Å². The van der Waals surface area contributed by atoms with Crippen molar-refractivity contribution in [1.29, 1.82) is 0 Å². The summed E-state index contributed by atoms with van der Waals surface area (Å²) in [6.07, 6.45) is -0.126. The van der Waals surface area contributed by atoms with Gasteiger partial charge in [-0.25, -0.2) is 4.39 Å². The molecule has 2 atom stereocenters. The van der Waals surface area contributed by atoms with E-state index in [0.717, 1.165) is 0 Å². The first-order valence-corrected chi connectivity index (χ1v) is 6.62. The predicted octanol–water partition coefficient (Wildman–Crippen LogP) is 2.25. The normalized spacial score (nSPS) is 15.3. The molecule has 108 valence electrons. The Morgan fingerprint density at radius 1 is 1.32 bits per heavy atom. The van der Waals surface area contributed by atoms with E-state index in [9.17, 15) is 9.50 Å². The van der Waals surface area contributed by atoms with Gasteiger partial charge in [-0.1, -0.05) is 32.9 Å². The number of rotatable bonds is 6. The molecule has 0 aromatic heterocycles. The van der Waals surface area contributed by atoms with Gasteiger partial charge in [-0.2, -0.15) is 0 Å². The molecule has 3 nitrogen and oxygen atoms in total. The Balaban J connectivity index is 2.59. The minimum absolute atomic E-state index is 0.00954. The quantitative estimate of drug-likeness (QED) is 0.742. The highest BCUT2D eigenvalue weighted by atomic mass is 19.1. The molecule has 3 N–H and O–H groups in total. The van der Waals surface area contributed by atoms with Gasteiger partial charge in [0.1, 0.15) is 5.82 Å². The number of benzene rings is 1. The molecule has 2 unspecified atom stereocenters. The first kappa shape index (κ1) is 16.1. The molecule has 0 aliphatic heterocycles. The Hall–Kier alpha value is -0.970. The Morgan fingerprint density at radius 3 is 2.53 bits per heavy atom. The first-order valence-electron chi connectivity index (χ1n) is 6.62. The summed E-state index contributed by atoms with van der Waals surface area (Å²) in [5.74, 6) is -0.348.